The molecule has 34 heavy (non-hydrogen) atoms. The molecule has 0 spiro atoms. The lowest BCUT2D eigenvalue weighted by molar-refractivity contribution is -0.112. The Morgan fingerprint density at radius 3 is 2.59 bits per heavy atom. The largest absolute Gasteiger partial charge is 0.473 e. The second kappa shape index (κ2) is 11.3. The number of amides is 2. The SMILES string of the molecule is CN/C(OCc1ccc(F)cc1F)=C(/Cl)C(=O)Nc1cc(C(=O)NC2CCC[C@H]2O)ccc1C. The Labute approximate surface area is 201 Å². The van der Waals surface area contributed by atoms with E-state index in [9.17, 15) is 23.5 Å². The molecular formula is C24H26ClF2N3O4. The first-order chi connectivity index (χ1) is 16.2. The summed E-state index contributed by atoms with van der Waals surface area (Å²) in [6.45, 7) is 1.47. The van der Waals surface area contributed by atoms with Crippen LogP contribution in [0.15, 0.2) is 47.3 Å². The fraction of sp³-hybridized carbons (Fsp3) is 0.333. The van der Waals surface area contributed by atoms with Gasteiger partial charge in [0.1, 0.15) is 18.2 Å². The number of halogens is 3. The molecule has 0 radical (unpaired) electrons. The van der Waals surface area contributed by atoms with Gasteiger partial charge >= 0.3 is 0 Å². The number of hydrogen-bond donors (Lipinski definition) is 4. The van der Waals surface area contributed by atoms with Gasteiger partial charge in [-0.2, -0.15) is 0 Å². The number of hydrogen-bond acceptors (Lipinski definition) is 5. The van der Waals surface area contributed by atoms with Gasteiger partial charge < -0.3 is 25.8 Å². The average molecular weight is 494 g/mol. The number of carbonyl (C=O) groups excluding carboxylic acids is 2. The van der Waals surface area contributed by atoms with Crippen LogP contribution < -0.4 is 16.0 Å². The fourth-order valence-corrected chi connectivity index (χ4v) is 3.77. The van der Waals surface area contributed by atoms with E-state index in [1.807, 2.05) is 0 Å². The fourth-order valence-electron chi connectivity index (χ4n) is 3.57. The maximum atomic E-state index is 13.8. The van der Waals surface area contributed by atoms with E-state index >= 15 is 0 Å². The van der Waals surface area contributed by atoms with Gasteiger partial charge in [-0.15, -0.1) is 0 Å². The van der Waals surface area contributed by atoms with E-state index in [1.165, 1.54) is 19.2 Å². The molecule has 1 fully saturated rings. The third-order valence-corrected chi connectivity index (χ3v) is 5.90. The molecule has 10 heteroatoms. The lowest BCUT2D eigenvalue weighted by Gasteiger charge is -2.17. The Morgan fingerprint density at radius 2 is 1.94 bits per heavy atom. The number of benzene rings is 2. The zero-order valence-corrected chi connectivity index (χ0v) is 19.5. The number of aliphatic hydroxyl groups is 1. The minimum atomic E-state index is -0.785. The molecule has 0 heterocycles. The Hall–Kier alpha value is -3.17. The van der Waals surface area contributed by atoms with E-state index in [2.05, 4.69) is 16.0 Å². The number of ether oxygens (including phenoxy) is 1. The van der Waals surface area contributed by atoms with Crippen LogP contribution in [0.4, 0.5) is 14.5 Å². The first kappa shape index (κ1) is 25.5. The molecule has 7 nitrogen and oxygen atoms in total. The first-order valence-corrected chi connectivity index (χ1v) is 11.1. The zero-order valence-electron chi connectivity index (χ0n) is 18.8. The third kappa shape index (κ3) is 6.24. The molecule has 1 saturated carbocycles. The molecule has 3 rings (SSSR count). The smallest absolute Gasteiger partial charge is 0.272 e. The van der Waals surface area contributed by atoms with Crippen LogP contribution in [0.1, 0.15) is 40.7 Å². The maximum Gasteiger partial charge on any atom is 0.272 e. The predicted molar refractivity (Wildman–Crippen MR) is 124 cm³/mol. The van der Waals surface area contributed by atoms with E-state index in [0.29, 0.717) is 29.7 Å². The lowest BCUT2D eigenvalue weighted by Crippen LogP contribution is -2.39. The van der Waals surface area contributed by atoms with Crippen LogP contribution >= 0.6 is 11.6 Å². The number of aliphatic hydroxyl groups excluding tert-OH is 1. The Balaban J connectivity index is 1.70. The molecule has 0 aromatic heterocycles. The van der Waals surface area contributed by atoms with Crippen molar-refractivity contribution < 1.29 is 28.2 Å². The quantitative estimate of drug-likeness (QED) is 0.332. The van der Waals surface area contributed by atoms with E-state index in [4.69, 9.17) is 16.3 Å². The molecule has 2 atom stereocenters. The highest BCUT2D eigenvalue weighted by atomic mass is 35.5. The third-order valence-electron chi connectivity index (χ3n) is 5.56. The lowest BCUT2D eigenvalue weighted by atomic mass is 10.1. The molecule has 0 saturated heterocycles. The number of rotatable bonds is 8. The van der Waals surface area contributed by atoms with Gasteiger partial charge in [-0.05, 0) is 56.0 Å². The van der Waals surface area contributed by atoms with E-state index in [1.54, 1.807) is 19.1 Å². The highest BCUT2D eigenvalue weighted by Crippen LogP contribution is 2.22. The summed E-state index contributed by atoms with van der Waals surface area (Å²) < 4.78 is 32.3. The van der Waals surface area contributed by atoms with Crippen LogP contribution in [-0.4, -0.2) is 36.1 Å². The maximum absolute atomic E-state index is 13.8. The summed E-state index contributed by atoms with van der Waals surface area (Å²) in [6, 6.07) is 7.58. The summed E-state index contributed by atoms with van der Waals surface area (Å²) in [5, 5.41) is 17.7. The van der Waals surface area contributed by atoms with Crippen molar-refractivity contribution in [1.82, 2.24) is 10.6 Å². The van der Waals surface area contributed by atoms with Gasteiger partial charge in [0.2, 0.25) is 5.88 Å². The van der Waals surface area contributed by atoms with E-state index in [0.717, 1.165) is 18.6 Å². The summed E-state index contributed by atoms with van der Waals surface area (Å²) in [7, 11) is 1.47. The Bertz CT molecular complexity index is 1110. The van der Waals surface area contributed by atoms with Crippen LogP contribution in [0.3, 0.4) is 0 Å². The highest BCUT2D eigenvalue weighted by molar-refractivity contribution is 6.44. The molecule has 0 bridgehead atoms. The second-order valence-electron chi connectivity index (χ2n) is 7.98. The first-order valence-electron chi connectivity index (χ1n) is 10.7. The van der Waals surface area contributed by atoms with Crippen LogP contribution in [0, 0.1) is 18.6 Å². The summed E-state index contributed by atoms with van der Waals surface area (Å²) in [6.07, 6.45) is 1.63. The molecular weight excluding hydrogens is 468 g/mol. The van der Waals surface area contributed by atoms with Crippen LogP contribution in [0.2, 0.25) is 0 Å². The monoisotopic (exact) mass is 493 g/mol. The van der Waals surface area contributed by atoms with Gasteiger partial charge in [-0.1, -0.05) is 17.7 Å². The minimum Gasteiger partial charge on any atom is -0.473 e. The van der Waals surface area contributed by atoms with Crippen molar-refractivity contribution in [3.8, 4) is 0 Å². The van der Waals surface area contributed by atoms with Crippen molar-refractivity contribution in [2.24, 2.45) is 0 Å². The molecule has 1 unspecified atom stereocenters. The zero-order chi connectivity index (χ0) is 24.8. The average Bonchev–Trinajstić information content (AvgIpc) is 3.20. The van der Waals surface area contributed by atoms with Crippen LogP contribution in [0.25, 0.3) is 0 Å². The normalized spacial score (nSPS) is 18.2. The van der Waals surface area contributed by atoms with Crippen LogP contribution in [-0.2, 0) is 16.1 Å². The molecule has 4 N–H and O–H groups in total. The number of nitrogens with one attached hydrogen (secondary N) is 3. The molecule has 182 valence electrons. The second-order valence-corrected chi connectivity index (χ2v) is 8.36. The standard InChI is InChI=1S/C24H26ClF2N3O4/c1-13-6-7-14(22(32)29-18-4-3-5-20(18)31)10-19(13)30-23(33)21(25)24(28-2)34-12-15-8-9-16(26)11-17(15)27/h6-11,18,20,28,31H,3-5,12H2,1-2H3,(H,29,32)(H,30,33)/b24-21-/t18?,20-/m1/s1. The molecule has 1 aliphatic rings. The van der Waals surface area contributed by atoms with Gasteiger partial charge in [0.15, 0.2) is 5.03 Å². The van der Waals surface area contributed by atoms with Gasteiger partial charge in [0.05, 0.1) is 12.1 Å². The summed E-state index contributed by atoms with van der Waals surface area (Å²) in [5.74, 6) is -2.67. The van der Waals surface area contributed by atoms with Crippen molar-refractivity contribution in [1.29, 1.82) is 0 Å². The van der Waals surface area contributed by atoms with Gasteiger partial charge in [0.25, 0.3) is 11.8 Å². The van der Waals surface area contributed by atoms with Crippen molar-refractivity contribution in [3.63, 3.8) is 0 Å². The summed E-state index contributed by atoms with van der Waals surface area (Å²) in [5.41, 5.74) is 1.45. The molecule has 1 aliphatic carbocycles. The predicted octanol–water partition coefficient (Wildman–Crippen LogP) is 3.70. The van der Waals surface area contributed by atoms with Crippen molar-refractivity contribution in [2.75, 3.05) is 12.4 Å². The molecule has 2 amide bonds. The van der Waals surface area contributed by atoms with Crippen LogP contribution in [0.5, 0.6) is 0 Å². The Kier molecular flexibility index (Phi) is 8.46. The number of anilines is 1. The van der Waals surface area contributed by atoms with Crippen molar-refractivity contribution >= 4 is 29.1 Å². The van der Waals surface area contributed by atoms with Crippen molar-refractivity contribution in [2.45, 2.75) is 44.9 Å². The topological polar surface area (TPSA) is 99.7 Å². The van der Waals surface area contributed by atoms with Gasteiger partial charge in [-0.3, -0.25) is 9.59 Å². The minimum absolute atomic E-state index is 0.0842. The van der Waals surface area contributed by atoms with E-state index < -0.39 is 23.6 Å². The molecule has 2 aromatic rings. The highest BCUT2D eigenvalue weighted by Gasteiger charge is 2.27. The number of aryl methyl sites for hydroxylation is 1. The molecule has 0 aliphatic heterocycles. The van der Waals surface area contributed by atoms with Crippen molar-refractivity contribution in [3.05, 3.63) is 75.6 Å². The van der Waals surface area contributed by atoms with Gasteiger partial charge in [-0.25, -0.2) is 8.78 Å². The molecule has 2 aromatic carbocycles. The van der Waals surface area contributed by atoms with E-state index in [-0.39, 0.29) is 35.0 Å². The number of carbonyl (C=O) groups is 2. The summed E-state index contributed by atoms with van der Waals surface area (Å²) in [4.78, 5) is 25.3. The Morgan fingerprint density at radius 1 is 1.18 bits per heavy atom. The van der Waals surface area contributed by atoms with Gasteiger partial charge in [0, 0.05) is 29.9 Å². The summed E-state index contributed by atoms with van der Waals surface area (Å²) >= 11 is 6.18.